The molecule has 94 valence electrons. The molecule has 0 saturated carbocycles. The van der Waals surface area contributed by atoms with Crippen LogP contribution in [-0.4, -0.2) is 4.98 Å². The lowest BCUT2D eigenvalue weighted by Crippen LogP contribution is -2.14. The number of rotatable bonds is 2. The van der Waals surface area contributed by atoms with E-state index in [1.807, 2.05) is 6.92 Å². The van der Waals surface area contributed by atoms with Crippen molar-refractivity contribution in [2.45, 2.75) is 13.0 Å². The van der Waals surface area contributed by atoms with Crippen LogP contribution in [0.3, 0.4) is 0 Å². The average Bonchev–Trinajstić information content (AvgIpc) is 2.35. The number of pyridine rings is 1. The molecule has 1 heterocycles. The number of nitrogens with zero attached hydrogens (tertiary/aromatic N) is 1. The van der Waals surface area contributed by atoms with Crippen molar-refractivity contribution in [1.82, 2.24) is 4.98 Å². The largest absolute Gasteiger partial charge is 0.320 e. The molecular formula is C13H11F3N2. The van der Waals surface area contributed by atoms with E-state index in [1.165, 1.54) is 6.20 Å². The Morgan fingerprint density at radius 3 is 2.33 bits per heavy atom. The summed E-state index contributed by atoms with van der Waals surface area (Å²) in [4.78, 5) is 3.91. The molecule has 0 amide bonds. The Kier molecular flexibility index (Phi) is 3.34. The Morgan fingerprint density at radius 1 is 1.17 bits per heavy atom. The van der Waals surface area contributed by atoms with Gasteiger partial charge in [-0.05, 0) is 41.8 Å². The van der Waals surface area contributed by atoms with Crippen molar-refractivity contribution >= 4 is 0 Å². The summed E-state index contributed by atoms with van der Waals surface area (Å²) in [5, 5.41) is 0. The summed E-state index contributed by atoms with van der Waals surface area (Å²) < 4.78 is 39.1. The lowest BCUT2D eigenvalue weighted by atomic mass is 9.97. The smallest absolute Gasteiger partial charge is 0.194 e. The molecule has 2 aromatic rings. The normalized spacial score (nSPS) is 12.5. The van der Waals surface area contributed by atoms with E-state index < -0.39 is 23.5 Å². The highest BCUT2D eigenvalue weighted by Gasteiger charge is 2.17. The highest BCUT2D eigenvalue weighted by atomic mass is 19.2. The quantitative estimate of drug-likeness (QED) is 0.835. The Labute approximate surface area is 102 Å². The van der Waals surface area contributed by atoms with Gasteiger partial charge in [-0.3, -0.25) is 4.98 Å². The van der Waals surface area contributed by atoms with Crippen LogP contribution in [0.15, 0.2) is 30.6 Å². The summed E-state index contributed by atoms with van der Waals surface area (Å²) in [5.74, 6) is -3.99. The number of aryl methyl sites for hydroxylation is 1. The van der Waals surface area contributed by atoms with E-state index in [9.17, 15) is 13.2 Å². The van der Waals surface area contributed by atoms with Crippen molar-refractivity contribution < 1.29 is 13.2 Å². The van der Waals surface area contributed by atoms with Crippen LogP contribution in [0.1, 0.15) is 22.7 Å². The molecule has 1 aromatic heterocycles. The van der Waals surface area contributed by atoms with Gasteiger partial charge < -0.3 is 5.73 Å². The molecule has 2 rings (SSSR count). The fraction of sp³-hybridized carbons (Fsp3) is 0.154. The first kappa shape index (κ1) is 12.6. The van der Waals surface area contributed by atoms with Gasteiger partial charge in [0.05, 0.1) is 6.04 Å². The van der Waals surface area contributed by atoms with E-state index in [0.717, 1.165) is 17.7 Å². The number of nitrogens with two attached hydrogens (primary N) is 1. The van der Waals surface area contributed by atoms with E-state index in [2.05, 4.69) is 4.98 Å². The van der Waals surface area contributed by atoms with E-state index in [-0.39, 0.29) is 5.56 Å². The van der Waals surface area contributed by atoms with E-state index in [1.54, 1.807) is 12.3 Å². The van der Waals surface area contributed by atoms with Crippen LogP contribution in [0.5, 0.6) is 0 Å². The van der Waals surface area contributed by atoms with Gasteiger partial charge in [-0.15, -0.1) is 0 Å². The monoisotopic (exact) mass is 252 g/mol. The summed E-state index contributed by atoms with van der Waals surface area (Å²) >= 11 is 0. The van der Waals surface area contributed by atoms with Gasteiger partial charge in [-0.25, -0.2) is 13.2 Å². The van der Waals surface area contributed by atoms with E-state index >= 15 is 0 Å². The number of aromatic nitrogens is 1. The van der Waals surface area contributed by atoms with Crippen LogP contribution in [0.4, 0.5) is 13.2 Å². The highest BCUT2D eigenvalue weighted by Crippen LogP contribution is 2.24. The predicted octanol–water partition coefficient (Wildman–Crippen LogP) is 2.86. The van der Waals surface area contributed by atoms with Gasteiger partial charge >= 0.3 is 0 Å². The van der Waals surface area contributed by atoms with Crippen LogP contribution in [0.2, 0.25) is 0 Å². The van der Waals surface area contributed by atoms with Crippen molar-refractivity contribution in [2.75, 3.05) is 0 Å². The number of hydrogen-bond acceptors (Lipinski definition) is 2. The fourth-order valence-corrected chi connectivity index (χ4v) is 1.74. The third-order valence-corrected chi connectivity index (χ3v) is 2.78. The minimum Gasteiger partial charge on any atom is -0.320 e. The summed E-state index contributed by atoms with van der Waals surface area (Å²) in [5.41, 5.74) is 7.57. The lowest BCUT2D eigenvalue weighted by Gasteiger charge is -2.15. The maximum atomic E-state index is 13.1. The molecule has 0 aliphatic carbocycles. The predicted molar refractivity (Wildman–Crippen MR) is 61.3 cm³/mol. The van der Waals surface area contributed by atoms with E-state index in [0.29, 0.717) is 5.56 Å². The van der Waals surface area contributed by atoms with E-state index in [4.69, 9.17) is 5.73 Å². The average molecular weight is 252 g/mol. The number of hydrogen-bond donors (Lipinski definition) is 1. The summed E-state index contributed by atoms with van der Waals surface area (Å²) in [6.45, 7) is 1.81. The van der Waals surface area contributed by atoms with Crippen molar-refractivity contribution in [1.29, 1.82) is 0 Å². The number of benzene rings is 1. The van der Waals surface area contributed by atoms with Crippen LogP contribution >= 0.6 is 0 Å². The van der Waals surface area contributed by atoms with Crippen LogP contribution in [0, 0.1) is 24.4 Å². The van der Waals surface area contributed by atoms with Crippen molar-refractivity contribution in [3.63, 3.8) is 0 Å². The zero-order valence-corrected chi connectivity index (χ0v) is 9.62. The minimum absolute atomic E-state index is 0.169. The summed E-state index contributed by atoms with van der Waals surface area (Å²) in [7, 11) is 0. The second-order valence-corrected chi connectivity index (χ2v) is 4.01. The topological polar surface area (TPSA) is 38.9 Å². The third kappa shape index (κ3) is 2.22. The number of halogens is 3. The third-order valence-electron chi connectivity index (χ3n) is 2.78. The Morgan fingerprint density at radius 2 is 1.78 bits per heavy atom. The van der Waals surface area contributed by atoms with Crippen LogP contribution in [0.25, 0.3) is 0 Å². The van der Waals surface area contributed by atoms with Crippen molar-refractivity contribution in [3.8, 4) is 0 Å². The van der Waals surface area contributed by atoms with Crippen LogP contribution in [-0.2, 0) is 0 Å². The maximum absolute atomic E-state index is 13.1. The zero-order chi connectivity index (χ0) is 13.3. The van der Waals surface area contributed by atoms with Gasteiger partial charge in [-0.1, -0.05) is 0 Å². The van der Waals surface area contributed by atoms with Crippen molar-refractivity contribution in [3.05, 3.63) is 64.7 Å². The molecule has 0 bridgehead atoms. The van der Waals surface area contributed by atoms with Crippen LogP contribution < -0.4 is 5.73 Å². The van der Waals surface area contributed by atoms with Crippen molar-refractivity contribution in [2.24, 2.45) is 5.73 Å². The molecule has 0 spiro atoms. The molecule has 1 unspecified atom stereocenters. The molecule has 1 atom stereocenters. The molecule has 0 radical (unpaired) electrons. The molecule has 18 heavy (non-hydrogen) atoms. The first-order valence-electron chi connectivity index (χ1n) is 5.31. The molecule has 2 nitrogen and oxygen atoms in total. The molecular weight excluding hydrogens is 241 g/mol. The molecule has 0 fully saturated rings. The molecule has 5 heteroatoms. The molecule has 0 aliphatic rings. The first-order chi connectivity index (χ1) is 8.50. The Bertz CT molecular complexity index is 561. The Hall–Kier alpha value is -1.88. The highest BCUT2D eigenvalue weighted by molar-refractivity contribution is 5.35. The van der Waals surface area contributed by atoms with Gasteiger partial charge in [0.15, 0.2) is 17.5 Å². The second kappa shape index (κ2) is 4.78. The molecule has 1 aromatic carbocycles. The summed E-state index contributed by atoms with van der Waals surface area (Å²) in [6, 6.07) is 2.79. The maximum Gasteiger partial charge on any atom is 0.194 e. The standard InChI is InChI=1S/C13H11F3N2/c1-7-2-3-18-6-9(7)13(17)8-4-10(14)12(16)11(15)5-8/h2-6,13H,17H2,1H3. The Balaban J connectivity index is 2.47. The SMILES string of the molecule is Cc1ccncc1C(N)c1cc(F)c(F)c(F)c1. The van der Waals surface area contributed by atoms with Gasteiger partial charge in [0, 0.05) is 12.4 Å². The second-order valence-electron chi connectivity index (χ2n) is 4.01. The molecule has 2 N–H and O–H groups in total. The van der Waals surface area contributed by atoms with Gasteiger partial charge in [0.1, 0.15) is 0 Å². The molecule has 0 saturated heterocycles. The lowest BCUT2D eigenvalue weighted by molar-refractivity contribution is 0.444. The van der Waals surface area contributed by atoms with Gasteiger partial charge in [0.25, 0.3) is 0 Å². The molecule has 0 aliphatic heterocycles. The van der Waals surface area contributed by atoms with Gasteiger partial charge in [0.2, 0.25) is 0 Å². The van der Waals surface area contributed by atoms with Gasteiger partial charge in [-0.2, -0.15) is 0 Å². The first-order valence-corrected chi connectivity index (χ1v) is 5.31. The summed E-state index contributed by atoms with van der Waals surface area (Å²) in [6.07, 6.45) is 3.12. The zero-order valence-electron chi connectivity index (χ0n) is 9.62. The fourth-order valence-electron chi connectivity index (χ4n) is 1.74. The minimum atomic E-state index is -1.49.